The van der Waals surface area contributed by atoms with Gasteiger partial charge in [-0.2, -0.15) is 8.42 Å². The first-order chi connectivity index (χ1) is 6.97. The highest BCUT2D eigenvalue weighted by atomic mass is 32.2. The summed E-state index contributed by atoms with van der Waals surface area (Å²) in [5.41, 5.74) is 5.84. The molecule has 0 aliphatic heterocycles. The van der Waals surface area contributed by atoms with Crippen LogP contribution in [0.4, 0.5) is 0 Å². The minimum absolute atomic E-state index is 0.0879. The average molecular weight is 235 g/mol. The van der Waals surface area contributed by atoms with Crippen LogP contribution < -0.4 is 5.73 Å². The van der Waals surface area contributed by atoms with E-state index in [4.69, 9.17) is 10.3 Å². The predicted octanol–water partition coefficient (Wildman–Crippen LogP) is 1.56. The topological polar surface area (TPSA) is 80.4 Å². The van der Waals surface area contributed by atoms with Crippen LogP contribution in [0, 0.1) is 5.92 Å². The van der Waals surface area contributed by atoms with Crippen LogP contribution in [-0.2, 0) is 10.1 Å². The lowest BCUT2D eigenvalue weighted by Gasteiger charge is -2.24. The Hall–Kier alpha value is -0.130. The molecule has 5 heteroatoms. The van der Waals surface area contributed by atoms with E-state index in [2.05, 4.69) is 0 Å². The van der Waals surface area contributed by atoms with E-state index in [1.54, 1.807) is 0 Å². The molecule has 0 aromatic rings. The molecular formula is C10H21NO3S. The van der Waals surface area contributed by atoms with E-state index in [1.807, 2.05) is 0 Å². The molecule has 0 radical (unpaired) electrons. The molecule has 1 aliphatic carbocycles. The minimum Gasteiger partial charge on any atom is -0.328 e. The summed E-state index contributed by atoms with van der Waals surface area (Å²) in [6, 6.07) is -0.0879. The van der Waals surface area contributed by atoms with Crippen LogP contribution in [0.2, 0.25) is 0 Å². The van der Waals surface area contributed by atoms with Gasteiger partial charge in [-0.15, -0.1) is 0 Å². The van der Waals surface area contributed by atoms with E-state index in [9.17, 15) is 8.42 Å². The van der Waals surface area contributed by atoms with Gasteiger partial charge in [-0.3, -0.25) is 4.55 Å². The van der Waals surface area contributed by atoms with Gasteiger partial charge in [0.05, 0.1) is 5.75 Å². The Morgan fingerprint density at radius 1 is 1.27 bits per heavy atom. The predicted molar refractivity (Wildman–Crippen MR) is 60.2 cm³/mol. The first-order valence-corrected chi connectivity index (χ1v) is 7.29. The molecule has 1 aliphatic rings. The van der Waals surface area contributed by atoms with Crippen molar-refractivity contribution in [2.24, 2.45) is 11.7 Å². The minimum atomic E-state index is -3.84. The van der Waals surface area contributed by atoms with E-state index in [1.165, 1.54) is 32.1 Å². The average Bonchev–Trinajstić information content (AvgIpc) is 2.15. The molecule has 0 saturated heterocycles. The van der Waals surface area contributed by atoms with Crippen LogP contribution >= 0.6 is 0 Å². The largest absolute Gasteiger partial charge is 0.328 e. The van der Waals surface area contributed by atoms with Crippen molar-refractivity contribution in [3.63, 3.8) is 0 Å². The molecule has 0 bridgehead atoms. The Morgan fingerprint density at radius 2 is 1.87 bits per heavy atom. The first kappa shape index (κ1) is 12.9. The summed E-state index contributed by atoms with van der Waals surface area (Å²) in [6.45, 7) is 0. The first-order valence-electron chi connectivity index (χ1n) is 5.68. The summed E-state index contributed by atoms with van der Waals surface area (Å²) in [5, 5.41) is 0. The maximum absolute atomic E-state index is 10.5. The summed E-state index contributed by atoms with van der Waals surface area (Å²) in [7, 11) is -3.84. The molecule has 1 saturated carbocycles. The highest BCUT2D eigenvalue weighted by molar-refractivity contribution is 7.85. The summed E-state index contributed by atoms with van der Waals surface area (Å²) >= 11 is 0. The zero-order chi connectivity index (χ0) is 11.3. The van der Waals surface area contributed by atoms with Gasteiger partial charge in [0.25, 0.3) is 10.1 Å². The molecule has 1 fully saturated rings. The SMILES string of the molecule is NC(CCS(=O)(=O)O)CC1CCCCC1. The summed E-state index contributed by atoms with van der Waals surface area (Å²) in [6.07, 6.45) is 7.58. The third-order valence-corrected chi connectivity index (χ3v) is 3.86. The van der Waals surface area contributed by atoms with Crippen molar-refractivity contribution in [3.05, 3.63) is 0 Å². The van der Waals surface area contributed by atoms with Crippen LogP contribution in [0.1, 0.15) is 44.9 Å². The third-order valence-electron chi connectivity index (χ3n) is 3.11. The molecular weight excluding hydrogens is 214 g/mol. The lowest BCUT2D eigenvalue weighted by molar-refractivity contribution is 0.314. The zero-order valence-corrected chi connectivity index (χ0v) is 9.88. The Balaban J connectivity index is 2.20. The highest BCUT2D eigenvalue weighted by Crippen LogP contribution is 2.27. The standard InChI is InChI=1S/C10H21NO3S/c11-10(6-7-15(12,13)14)8-9-4-2-1-3-5-9/h9-10H,1-8,11H2,(H,12,13,14). The van der Waals surface area contributed by atoms with Gasteiger partial charge in [-0.05, 0) is 18.8 Å². The second-order valence-electron chi connectivity index (χ2n) is 4.57. The van der Waals surface area contributed by atoms with Gasteiger partial charge in [0, 0.05) is 6.04 Å². The fourth-order valence-corrected chi connectivity index (χ4v) is 2.87. The molecule has 1 atom stereocenters. The van der Waals surface area contributed by atoms with Crippen LogP contribution in [0.5, 0.6) is 0 Å². The molecule has 0 heterocycles. The van der Waals surface area contributed by atoms with Crippen molar-refractivity contribution in [2.75, 3.05) is 5.75 Å². The number of hydrogen-bond donors (Lipinski definition) is 2. The fourth-order valence-electron chi connectivity index (χ4n) is 2.27. The van der Waals surface area contributed by atoms with E-state index in [0.717, 1.165) is 6.42 Å². The van der Waals surface area contributed by atoms with E-state index in [-0.39, 0.29) is 11.8 Å². The van der Waals surface area contributed by atoms with Crippen LogP contribution in [-0.4, -0.2) is 24.8 Å². The van der Waals surface area contributed by atoms with Crippen molar-refractivity contribution < 1.29 is 13.0 Å². The van der Waals surface area contributed by atoms with E-state index in [0.29, 0.717) is 12.3 Å². The molecule has 90 valence electrons. The molecule has 0 spiro atoms. The fraction of sp³-hybridized carbons (Fsp3) is 1.00. The quantitative estimate of drug-likeness (QED) is 0.709. The molecule has 0 aromatic heterocycles. The Bertz CT molecular complexity index is 270. The Morgan fingerprint density at radius 3 is 2.40 bits per heavy atom. The van der Waals surface area contributed by atoms with Crippen molar-refractivity contribution in [3.8, 4) is 0 Å². The summed E-state index contributed by atoms with van der Waals surface area (Å²) in [4.78, 5) is 0. The van der Waals surface area contributed by atoms with Crippen LogP contribution in [0.15, 0.2) is 0 Å². The molecule has 1 rings (SSSR count). The monoisotopic (exact) mass is 235 g/mol. The second kappa shape index (κ2) is 5.82. The van der Waals surface area contributed by atoms with Gasteiger partial charge >= 0.3 is 0 Å². The normalized spacial score (nSPS) is 21.5. The molecule has 0 amide bonds. The smallest absolute Gasteiger partial charge is 0.264 e. The van der Waals surface area contributed by atoms with Crippen molar-refractivity contribution >= 4 is 10.1 Å². The zero-order valence-electron chi connectivity index (χ0n) is 9.06. The molecule has 4 nitrogen and oxygen atoms in total. The van der Waals surface area contributed by atoms with Gasteiger partial charge < -0.3 is 5.73 Å². The lowest BCUT2D eigenvalue weighted by Crippen LogP contribution is -2.27. The van der Waals surface area contributed by atoms with Crippen molar-refractivity contribution in [1.29, 1.82) is 0 Å². The van der Waals surface area contributed by atoms with Gasteiger partial charge in [-0.25, -0.2) is 0 Å². The Labute approximate surface area is 92.0 Å². The number of hydrogen-bond acceptors (Lipinski definition) is 3. The summed E-state index contributed by atoms with van der Waals surface area (Å²) in [5.74, 6) is 0.455. The van der Waals surface area contributed by atoms with Crippen molar-refractivity contribution in [1.82, 2.24) is 0 Å². The van der Waals surface area contributed by atoms with Crippen LogP contribution in [0.3, 0.4) is 0 Å². The van der Waals surface area contributed by atoms with Crippen LogP contribution in [0.25, 0.3) is 0 Å². The molecule has 1 unspecified atom stereocenters. The molecule has 3 N–H and O–H groups in total. The molecule has 0 aromatic carbocycles. The van der Waals surface area contributed by atoms with Gasteiger partial charge in [0.15, 0.2) is 0 Å². The van der Waals surface area contributed by atoms with Gasteiger partial charge in [-0.1, -0.05) is 32.1 Å². The Kier molecular flexibility index (Phi) is 5.02. The maximum Gasteiger partial charge on any atom is 0.264 e. The number of rotatable bonds is 5. The molecule has 15 heavy (non-hydrogen) atoms. The number of nitrogens with two attached hydrogens (primary N) is 1. The second-order valence-corrected chi connectivity index (χ2v) is 6.15. The third kappa shape index (κ3) is 6.12. The van der Waals surface area contributed by atoms with E-state index < -0.39 is 10.1 Å². The highest BCUT2D eigenvalue weighted by Gasteiger charge is 2.17. The van der Waals surface area contributed by atoms with Gasteiger partial charge in [0.2, 0.25) is 0 Å². The lowest BCUT2D eigenvalue weighted by atomic mass is 9.84. The maximum atomic E-state index is 10.5. The summed E-state index contributed by atoms with van der Waals surface area (Å²) < 4.78 is 29.6. The van der Waals surface area contributed by atoms with Crippen molar-refractivity contribution in [2.45, 2.75) is 51.0 Å². The van der Waals surface area contributed by atoms with Gasteiger partial charge in [0.1, 0.15) is 0 Å². The van der Waals surface area contributed by atoms with E-state index >= 15 is 0 Å².